The number of fused-ring (bicyclic) bond motifs is 1. The lowest BCUT2D eigenvalue weighted by Gasteiger charge is -2.14. The third kappa shape index (κ3) is 3.75. The Hall–Kier alpha value is -3.38. The molecule has 3 aromatic rings. The maximum absolute atomic E-state index is 12.1. The number of nitriles is 1. The van der Waals surface area contributed by atoms with Gasteiger partial charge >= 0.3 is 10.8 Å². The number of ether oxygens (including phenoxy) is 1. The number of carbonyl (C=O) groups excluding carboxylic acids is 1. The number of nitrogens with zero attached hydrogens (tertiary/aromatic N) is 3. The number of aromatic nitrogens is 3. The molecule has 0 saturated heterocycles. The van der Waals surface area contributed by atoms with Gasteiger partial charge in [-0.15, -0.1) is 0 Å². The molecule has 2 N–H and O–H groups in total. The largest absolute Gasteiger partial charge is 0.507 e. The highest BCUT2D eigenvalue weighted by molar-refractivity contribution is 7.07. The highest BCUT2D eigenvalue weighted by Crippen LogP contribution is 2.21. The molecule has 2 aromatic heterocycles. The number of nitrogens with one attached hydrogen (secondary N) is 1. The molecule has 0 saturated carbocycles. The van der Waals surface area contributed by atoms with E-state index in [-0.39, 0.29) is 22.8 Å². The van der Waals surface area contributed by atoms with Gasteiger partial charge in [0, 0.05) is 11.1 Å². The van der Waals surface area contributed by atoms with E-state index in [0.717, 1.165) is 11.3 Å². The summed E-state index contributed by atoms with van der Waals surface area (Å²) < 4.78 is 6.46. The minimum atomic E-state index is -1.07. The molecular formula is C18H16N4O4S. The van der Waals surface area contributed by atoms with E-state index in [1.807, 2.05) is 12.1 Å². The Balaban J connectivity index is 1.81. The normalized spacial score (nSPS) is 13.1. The standard InChI is InChI=1S/C18H16N4O4S/c1-10-9-27-18(25)22(10)8-15(23)26-11(2)16(24)12(7-19)17-20-13-5-3-4-6-14(13)21-17/h3-6,9,11,24H,8H2,1-2H3,(H,20,21)/b16-12-/t11-/m1/s1. The van der Waals surface area contributed by atoms with Gasteiger partial charge in [0.15, 0.2) is 17.7 Å². The number of aliphatic hydroxyl groups excluding tert-OH is 1. The van der Waals surface area contributed by atoms with Crippen molar-refractivity contribution >= 4 is 33.9 Å². The summed E-state index contributed by atoms with van der Waals surface area (Å²) in [5.41, 5.74) is 1.89. The molecule has 0 unspecified atom stereocenters. The van der Waals surface area contributed by atoms with Crippen LogP contribution in [0.4, 0.5) is 0 Å². The van der Waals surface area contributed by atoms with Gasteiger partial charge in [0.25, 0.3) is 0 Å². The lowest BCUT2D eigenvalue weighted by Crippen LogP contribution is -2.26. The molecule has 0 amide bonds. The minimum absolute atomic E-state index is 0.115. The van der Waals surface area contributed by atoms with Crippen LogP contribution in [0.5, 0.6) is 0 Å². The Labute approximate surface area is 158 Å². The minimum Gasteiger partial charge on any atom is -0.507 e. The van der Waals surface area contributed by atoms with E-state index in [9.17, 15) is 20.0 Å². The average molecular weight is 384 g/mol. The van der Waals surface area contributed by atoms with Gasteiger partial charge in [0.2, 0.25) is 0 Å². The summed E-state index contributed by atoms with van der Waals surface area (Å²) in [6.07, 6.45) is -1.07. The van der Waals surface area contributed by atoms with Gasteiger partial charge in [0.1, 0.15) is 18.2 Å². The van der Waals surface area contributed by atoms with Crippen molar-refractivity contribution in [1.29, 1.82) is 5.26 Å². The van der Waals surface area contributed by atoms with E-state index in [4.69, 9.17) is 4.74 Å². The van der Waals surface area contributed by atoms with Crippen molar-refractivity contribution in [1.82, 2.24) is 14.5 Å². The van der Waals surface area contributed by atoms with E-state index in [1.165, 1.54) is 11.5 Å². The van der Waals surface area contributed by atoms with Crippen LogP contribution < -0.4 is 4.87 Å². The molecule has 2 heterocycles. The van der Waals surface area contributed by atoms with Crippen molar-refractivity contribution in [2.75, 3.05) is 0 Å². The van der Waals surface area contributed by atoms with E-state index < -0.39 is 17.8 Å². The smallest absolute Gasteiger partial charge is 0.326 e. The second-order valence-electron chi connectivity index (χ2n) is 5.84. The van der Waals surface area contributed by atoms with Gasteiger partial charge in [0.05, 0.1) is 11.0 Å². The first-order valence-corrected chi connectivity index (χ1v) is 8.91. The topological polar surface area (TPSA) is 121 Å². The fraction of sp³-hybridized carbons (Fsp3) is 0.222. The van der Waals surface area contributed by atoms with Crippen molar-refractivity contribution in [3.8, 4) is 6.07 Å². The number of imidazole rings is 1. The molecule has 8 nitrogen and oxygen atoms in total. The molecule has 0 aliphatic carbocycles. The van der Waals surface area contributed by atoms with E-state index in [0.29, 0.717) is 16.7 Å². The highest BCUT2D eigenvalue weighted by atomic mass is 32.1. The first kappa shape index (κ1) is 18.4. The number of benzene rings is 1. The first-order valence-electron chi connectivity index (χ1n) is 8.03. The molecule has 0 radical (unpaired) electrons. The third-order valence-electron chi connectivity index (χ3n) is 3.95. The summed E-state index contributed by atoms with van der Waals surface area (Å²) in [4.78, 5) is 30.7. The van der Waals surface area contributed by atoms with Crippen molar-refractivity contribution in [2.24, 2.45) is 0 Å². The van der Waals surface area contributed by atoms with Crippen LogP contribution in [0.2, 0.25) is 0 Å². The number of H-pyrrole nitrogens is 1. The maximum atomic E-state index is 12.1. The lowest BCUT2D eigenvalue weighted by molar-refractivity contribution is -0.148. The molecule has 1 atom stereocenters. The zero-order chi connectivity index (χ0) is 19.6. The third-order valence-corrected chi connectivity index (χ3v) is 4.83. The van der Waals surface area contributed by atoms with Crippen molar-refractivity contribution in [3.63, 3.8) is 0 Å². The predicted molar refractivity (Wildman–Crippen MR) is 100 cm³/mol. The molecule has 1 aromatic carbocycles. The van der Waals surface area contributed by atoms with E-state index in [2.05, 4.69) is 9.97 Å². The Morgan fingerprint density at radius 2 is 2.22 bits per heavy atom. The van der Waals surface area contributed by atoms with Crippen LogP contribution in [0.25, 0.3) is 16.6 Å². The van der Waals surface area contributed by atoms with Gasteiger partial charge < -0.3 is 14.8 Å². The van der Waals surface area contributed by atoms with Gasteiger partial charge in [-0.2, -0.15) is 5.26 Å². The maximum Gasteiger partial charge on any atom is 0.326 e. The Bertz CT molecular complexity index is 1100. The molecule has 0 aliphatic rings. The molecule has 9 heteroatoms. The van der Waals surface area contributed by atoms with Crippen LogP contribution >= 0.6 is 11.3 Å². The van der Waals surface area contributed by atoms with Gasteiger partial charge in [-0.05, 0) is 26.0 Å². The number of hydrogen-bond donors (Lipinski definition) is 2. The molecule has 0 bridgehead atoms. The summed E-state index contributed by atoms with van der Waals surface area (Å²) >= 11 is 0.991. The van der Waals surface area contributed by atoms with Crippen molar-refractivity contribution in [3.05, 3.63) is 56.6 Å². The SMILES string of the molecule is Cc1csc(=O)n1CC(=O)O[C@H](C)/C(O)=C(\C#N)c1nc2ccccc2[nH]1. The monoisotopic (exact) mass is 384 g/mol. The number of rotatable bonds is 5. The number of hydrogen-bond acceptors (Lipinski definition) is 7. The Morgan fingerprint density at radius 3 is 2.85 bits per heavy atom. The summed E-state index contributed by atoms with van der Waals surface area (Å²) in [6, 6.07) is 9.08. The summed E-state index contributed by atoms with van der Waals surface area (Å²) in [5, 5.41) is 21.5. The van der Waals surface area contributed by atoms with Crippen LogP contribution in [-0.2, 0) is 16.1 Å². The number of thiazole rings is 1. The number of aromatic amines is 1. The van der Waals surface area contributed by atoms with Gasteiger partial charge in [-0.3, -0.25) is 14.2 Å². The second kappa shape index (κ2) is 7.47. The molecule has 0 spiro atoms. The zero-order valence-corrected chi connectivity index (χ0v) is 15.4. The van der Waals surface area contributed by atoms with Crippen LogP contribution in [0, 0.1) is 18.3 Å². The average Bonchev–Trinajstić information content (AvgIpc) is 3.20. The van der Waals surface area contributed by atoms with E-state index >= 15 is 0 Å². The molecule has 138 valence electrons. The quantitative estimate of drug-likeness (QED) is 0.396. The number of esters is 1. The van der Waals surface area contributed by atoms with E-state index in [1.54, 1.807) is 30.5 Å². The highest BCUT2D eigenvalue weighted by Gasteiger charge is 2.21. The fourth-order valence-corrected chi connectivity index (χ4v) is 3.26. The molecular weight excluding hydrogens is 368 g/mol. The molecule has 27 heavy (non-hydrogen) atoms. The Morgan fingerprint density at radius 1 is 1.48 bits per heavy atom. The zero-order valence-electron chi connectivity index (χ0n) is 14.6. The number of carbonyl (C=O) groups is 1. The van der Waals surface area contributed by atoms with Gasteiger partial charge in [-0.25, -0.2) is 4.98 Å². The van der Waals surface area contributed by atoms with Crippen LogP contribution in [0.1, 0.15) is 18.4 Å². The lowest BCUT2D eigenvalue weighted by atomic mass is 10.2. The van der Waals surface area contributed by atoms with Gasteiger partial charge in [-0.1, -0.05) is 23.5 Å². The molecule has 0 aliphatic heterocycles. The van der Waals surface area contributed by atoms with Crippen LogP contribution in [0.15, 0.2) is 40.2 Å². The predicted octanol–water partition coefficient (Wildman–Crippen LogP) is 2.52. The number of para-hydroxylation sites is 2. The summed E-state index contributed by atoms with van der Waals surface area (Å²) in [6.45, 7) is 2.89. The fourth-order valence-electron chi connectivity index (χ4n) is 2.52. The summed E-state index contributed by atoms with van der Waals surface area (Å²) in [7, 11) is 0. The number of aryl methyl sites for hydroxylation is 1. The molecule has 0 fully saturated rings. The molecule has 3 rings (SSSR count). The van der Waals surface area contributed by atoms with Crippen molar-refractivity contribution < 1.29 is 14.6 Å². The van der Waals surface area contributed by atoms with Crippen LogP contribution in [-0.4, -0.2) is 31.7 Å². The number of aliphatic hydroxyl groups is 1. The van der Waals surface area contributed by atoms with Crippen molar-refractivity contribution in [2.45, 2.75) is 26.5 Å². The second-order valence-corrected chi connectivity index (χ2v) is 6.66. The Kier molecular flexibility index (Phi) is 5.09. The first-order chi connectivity index (χ1) is 12.9. The number of allylic oxidation sites excluding steroid dienone is 1. The van der Waals surface area contributed by atoms with Crippen LogP contribution in [0.3, 0.4) is 0 Å². The summed E-state index contributed by atoms with van der Waals surface area (Å²) in [5.74, 6) is -0.928.